The first kappa shape index (κ1) is 30.1. The molecule has 0 radical (unpaired) electrons. The Hall–Kier alpha value is -3.97. The molecule has 2 unspecified atom stereocenters. The molecule has 14 heteroatoms. The largest absolute Gasteiger partial charge is 0.462 e. The van der Waals surface area contributed by atoms with Crippen LogP contribution in [0.5, 0.6) is 0 Å². The topological polar surface area (TPSA) is 128 Å². The van der Waals surface area contributed by atoms with E-state index in [0.717, 1.165) is 28.0 Å². The number of nitrogens with one attached hydrogen (secondary N) is 1. The molecule has 1 saturated heterocycles. The zero-order valence-electron chi connectivity index (χ0n) is 22.9. The van der Waals surface area contributed by atoms with Crippen molar-refractivity contribution in [3.05, 3.63) is 103 Å². The zero-order valence-corrected chi connectivity index (χ0v) is 26.0. The van der Waals surface area contributed by atoms with Crippen LogP contribution in [0.4, 0.5) is 11.4 Å². The highest BCUT2D eigenvalue weighted by molar-refractivity contribution is 8.00. The van der Waals surface area contributed by atoms with Gasteiger partial charge in [-0.1, -0.05) is 52.4 Å². The third-order valence-electron chi connectivity index (χ3n) is 7.23. The number of anilines is 2. The number of halogens is 2. The van der Waals surface area contributed by atoms with Crippen molar-refractivity contribution >= 4 is 81.4 Å². The molecule has 0 saturated carbocycles. The van der Waals surface area contributed by atoms with Crippen LogP contribution in [0.1, 0.15) is 33.6 Å². The van der Waals surface area contributed by atoms with Crippen molar-refractivity contribution in [2.45, 2.75) is 29.7 Å². The molecule has 1 fully saturated rings. The van der Waals surface area contributed by atoms with Gasteiger partial charge in [0, 0.05) is 28.9 Å². The van der Waals surface area contributed by atoms with Crippen LogP contribution in [-0.4, -0.2) is 45.1 Å². The van der Waals surface area contributed by atoms with Gasteiger partial charge in [0.25, 0.3) is 0 Å². The minimum atomic E-state index is -0.872. The first-order valence-electron chi connectivity index (χ1n) is 13.4. The maximum atomic E-state index is 14.0. The lowest BCUT2D eigenvalue weighted by Gasteiger charge is -2.30. The maximum absolute atomic E-state index is 14.0. The Morgan fingerprint density at radius 1 is 1.02 bits per heavy atom. The summed E-state index contributed by atoms with van der Waals surface area (Å²) in [7, 11) is 0. The molecule has 3 atom stereocenters. The second-order valence-electron chi connectivity index (χ2n) is 9.91. The summed E-state index contributed by atoms with van der Waals surface area (Å²) in [6.07, 6.45) is 3.21. The highest BCUT2D eigenvalue weighted by Crippen LogP contribution is 2.53. The molecule has 2 aliphatic heterocycles. The van der Waals surface area contributed by atoms with Gasteiger partial charge in [0.2, 0.25) is 17.7 Å². The average Bonchev–Trinajstić information content (AvgIpc) is 3.45. The van der Waals surface area contributed by atoms with Gasteiger partial charge in [0.15, 0.2) is 0 Å². The number of amides is 3. The third-order valence-corrected chi connectivity index (χ3v) is 10.6. The molecule has 4 heterocycles. The van der Waals surface area contributed by atoms with Crippen LogP contribution < -0.4 is 15.1 Å². The fraction of sp³-hybridized carbons (Fsp3) is 0.200. The molecule has 0 bridgehead atoms. The van der Waals surface area contributed by atoms with Crippen LogP contribution in [-0.2, 0) is 25.7 Å². The van der Waals surface area contributed by atoms with Crippen molar-refractivity contribution in [1.82, 2.24) is 9.55 Å². The van der Waals surface area contributed by atoms with E-state index in [1.165, 1.54) is 34.9 Å². The Kier molecular flexibility index (Phi) is 8.34. The van der Waals surface area contributed by atoms with E-state index >= 15 is 0 Å². The molecule has 2 aromatic carbocycles. The van der Waals surface area contributed by atoms with Gasteiger partial charge in [-0.15, -0.1) is 0 Å². The Balaban J connectivity index is 1.35. The third kappa shape index (κ3) is 5.43. The number of nitrogens with zero attached hydrogens (tertiary/aromatic N) is 3. The van der Waals surface area contributed by atoms with Crippen LogP contribution >= 0.6 is 46.3 Å². The van der Waals surface area contributed by atoms with Crippen LogP contribution in [0.2, 0.25) is 10.0 Å². The lowest BCUT2D eigenvalue weighted by atomic mass is 9.84. The molecular weight excluding hydrogens is 647 g/mol. The average molecular weight is 670 g/mol. The van der Waals surface area contributed by atoms with Crippen LogP contribution in [0, 0.1) is 5.92 Å². The maximum Gasteiger partial charge on any atom is 0.338 e. The van der Waals surface area contributed by atoms with Gasteiger partial charge >= 0.3 is 10.8 Å². The first-order valence-corrected chi connectivity index (χ1v) is 15.8. The van der Waals surface area contributed by atoms with E-state index in [1.807, 2.05) is 0 Å². The van der Waals surface area contributed by atoms with E-state index < -0.39 is 45.6 Å². The highest BCUT2D eigenvalue weighted by atomic mass is 35.5. The monoisotopic (exact) mass is 668 g/mol. The standard InChI is InChI=1S/C30H22Cl2N4O6S2/c1-2-42-29(40)15-5-8-18(9-6-15)36-26(38)23-22(16-4-3-11-33-13-16)25-28(43-24(23)27(36)39)35(30(41)44-25)14-21(37)34-17-7-10-19(31)20(32)12-17/h3-13,22-24H,2,14H2,1H3,(H,34,37)/t22-,23?,24?/m1/s1. The van der Waals surface area contributed by atoms with Crippen molar-refractivity contribution in [1.29, 1.82) is 0 Å². The first-order chi connectivity index (χ1) is 21.2. The van der Waals surface area contributed by atoms with E-state index in [1.54, 1.807) is 43.6 Å². The lowest BCUT2D eigenvalue weighted by Crippen LogP contribution is -2.33. The second-order valence-corrected chi connectivity index (χ2v) is 12.8. The number of esters is 1. The number of hydrogen-bond donors (Lipinski definition) is 1. The molecule has 4 aromatic rings. The molecule has 2 aliphatic rings. The minimum absolute atomic E-state index is 0.215. The molecule has 6 rings (SSSR count). The summed E-state index contributed by atoms with van der Waals surface area (Å²) >= 11 is 14.1. The number of benzene rings is 2. The fourth-order valence-electron chi connectivity index (χ4n) is 5.31. The summed E-state index contributed by atoms with van der Waals surface area (Å²) < 4.78 is 6.36. The Morgan fingerprint density at radius 3 is 2.48 bits per heavy atom. The summed E-state index contributed by atoms with van der Waals surface area (Å²) in [6.45, 7) is 1.59. The normalized spacial score (nSPS) is 19.0. The number of carbonyl (C=O) groups is 4. The van der Waals surface area contributed by atoms with Gasteiger partial charge < -0.3 is 10.1 Å². The molecule has 0 aliphatic carbocycles. The lowest BCUT2D eigenvalue weighted by molar-refractivity contribution is -0.122. The van der Waals surface area contributed by atoms with Crippen LogP contribution in [0.3, 0.4) is 0 Å². The molecule has 224 valence electrons. The molecule has 2 aromatic heterocycles. The Labute approximate surface area is 268 Å². The number of imide groups is 1. The van der Waals surface area contributed by atoms with Crippen molar-refractivity contribution in [2.75, 3.05) is 16.8 Å². The smallest absolute Gasteiger partial charge is 0.338 e. The van der Waals surface area contributed by atoms with E-state index in [2.05, 4.69) is 10.3 Å². The molecule has 44 heavy (non-hydrogen) atoms. The van der Waals surface area contributed by atoms with Crippen molar-refractivity contribution < 1.29 is 23.9 Å². The number of thiazole rings is 1. The van der Waals surface area contributed by atoms with Gasteiger partial charge in [-0.2, -0.15) is 0 Å². The summed E-state index contributed by atoms with van der Waals surface area (Å²) in [4.78, 5) is 71.9. The zero-order chi connectivity index (χ0) is 31.1. The SMILES string of the molecule is CCOC(=O)c1ccc(N2C(=O)C3Sc4c(sc(=O)n4CC(=O)Nc4ccc(Cl)c(Cl)c4)[C@H](c4cccnc4)C3C2=O)cc1. The Bertz CT molecular complexity index is 1860. The van der Waals surface area contributed by atoms with Crippen LogP contribution in [0.15, 0.2) is 76.8 Å². The number of carbonyl (C=O) groups excluding carboxylic acids is 4. The van der Waals surface area contributed by atoms with Gasteiger partial charge in [-0.25, -0.2) is 9.69 Å². The molecule has 1 N–H and O–H groups in total. The number of hydrogen-bond acceptors (Lipinski definition) is 9. The Morgan fingerprint density at radius 2 is 1.80 bits per heavy atom. The molecule has 10 nitrogen and oxygen atoms in total. The number of thioether (sulfide) groups is 1. The van der Waals surface area contributed by atoms with Gasteiger partial charge in [-0.3, -0.25) is 28.7 Å². The summed E-state index contributed by atoms with van der Waals surface area (Å²) in [5, 5.41) is 2.89. The summed E-state index contributed by atoms with van der Waals surface area (Å²) in [6, 6.07) is 14.2. The number of ether oxygens (including phenoxy) is 1. The number of aromatic nitrogens is 2. The van der Waals surface area contributed by atoms with Gasteiger partial charge in [0.1, 0.15) is 11.8 Å². The van der Waals surface area contributed by atoms with E-state index in [0.29, 0.717) is 37.4 Å². The van der Waals surface area contributed by atoms with Crippen LogP contribution in [0.25, 0.3) is 0 Å². The van der Waals surface area contributed by atoms with E-state index in [9.17, 15) is 24.0 Å². The molecule has 0 spiro atoms. The van der Waals surface area contributed by atoms with Crippen molar-refractivity contribution in [3.8, 4) is 0 Å². The van der Waals surface area contributed by atoms with E-state index in [4.69, 9.17) is 27.9 Å². The highest BCUT2D eigenvalue weighted by Gasteiger charge is 2.57. The number of rotatable bonds is 7. The van der Waals surface area contributed by atoms with Gasteiger partial charge in [0.05, 0.1) is 38.8 Å². The minimum Gasteiger partial charge on any atom is -0.462 e. The predicted molar refractivity (Wildman–Crippen MR) is 168 cm³/mol. The van der Waals surface area contributed by atoms with E-state index in [-0.39, 0.29) is 18.2 Å². The summed E-state index contributed by atoms with van der Waals surface area (Å²) in [5.74, 6) is -3.36. The summed E-state index contributed by atoms with van der Waals surface area (Å²) in [5.41, 5.74) is 1.68. The molecular formula is C30H22Cl2N4O6S2. The number of pyridine rings is 1. The fourth-order valence-corrected chi connectivity index (χ4v) is 8.38. The number of fused-ring (bicyclic) bond motifs is 2. The van der Waals surface area contributed by atoms with Crippen molar-refractivity contribution in [2.24, 2.45) is 5.92 Å². The van der Waals surface area contributed by atoms with Crippen molar-refractivity contribution in [3.63, 3.8) is 0 Å². The second kappa shape index (κ2) is 12.2. The quantitative estimate of drug-likeness (QED) is 0.210. The molecule has 3 amide bonds. The predicted octanol–water partition coefficient (Wildman–Crippen LogP) is 5.22. The van der Waals surface area contributed by atoms with Gasteiger partial charge in [-0.05, 0) is 61.0 Å².